The molecule has 1 aliphatic carbocycles. The van der Waals surface area contributed by atoms with Gasteiger partial charge in [0.1, 0.15) is 5.82 Å². The first-order valence-electron chi connectivity index (χ1n) is 11.6. The second kappa shape index (κ2) is 9.72. The summed E-state index contributed by atoms with van der Waals surface area (Å²) in [6.07, 6.45) is 4.64. The number of urea groups is 1. The first kappa shape index (κ1) is 21.6. The molecule has 2 aromatic heterocycles. The second-order valence-electron chi connectivity index (χ2n) is 8.70. The minimum atomic E-state index is -0.207. The molecule has 2 N–H and O–H groups in total. The minimum Gasteiger partial charge on any atom is -0.383 e. The van der Waals surface area contributed by atoms with Crippen LogP contribution in [-0.2, 0) is 17.6 Å². The third-order valence-electron chi connectivity index (χ3n) is 6.56. The molecule has 0 bridgehead atoms. The van der Waals surface area contributed by atoms with Gasteiger partial charge >= 0.3 is 6.03 Å². The number of hydrogen-bond donors (Lipinski definition) is 2. The van der Waals surface area contributed by atoms with Crippen molar-refractivity contribution in [3.8, 4) is 5.82 Å². The number of fused-ring (bicyclic) bond motifs is 1. The van der Waals surface area contributed by atoms with Gasteiger partial charge in [0.05, 0.1) is 18.3 Å². The number of anilines is 1. The Morgan fingerprint density at radius 3 is 2.76 bits per heavy atom. The number of nitrogens with one attached hydrogen (secondary N) is 2. The van der Waals surface area contributed by atoms with Gasteiger partial charge in [-0.3, -0.25) is 10.2 Å². The van der Waals surface area contributed by atoms with Crippen molar-refractivity contribution < 1.29 is 9.53 Å². The van der Waals surface area contributed by atoms with Crippen LogP contribution in [0, 0.1) is 0 Å². The summed E-state index contributed by atoms with van der Waals surface area (Å²) in [5.41, 5.74) is 3.40. The molecular weight excluding hydrogens is 416 g/mol. The molecule has 1 unspecified atom stereocenters. The van der Waals surface area contributed by atoms with Crippen LogP contribution >= 0.6 is 0 Å². The number of pyridine rings is 1. The lowest BCUT2D eigenvalue weighted by atomic mass is 9.94. The lowest BCUT2D eigenvalue weighted by Gasteiger charge is -2.21. The molecule has 5 rings (SSSR count). The number of benzene rings is 1. The monoisotopic (exact) mass is 446 g/mol. The zero-order valence-electron chi connectivity index (χ0n) is 18.9. The van der Waals surface area contributed by atoms with Gasteiger partial charge in [-0.1, -0.05) is 36.4 Å². The van der Waals surface area contributed by atoms with Crippen LogP contribution in [0.15, 0.2) is 54.7 Å². The molecule has 1 aliphatic heterocycles. The van der Waals surface area contributed by atoms with Crippen LogP contribution in [0.5, 0.6) is 0 Å². The average Bonchev–Trinajstić information content (AvgIpc) is 3.55. The predicted octanol–water partition coefficient (Wildman–Crippen LogP) is 2.99. The van der Waals surface area contributed by atoms with Crippen LogP contribution in [0.3, 0.4) is 0 Å². The van der Waals surface area contributed by atoms with Crippen molar-refractivity contribution in [3.05, 3.63) is 71.5 Å². The Balaban J connectivity index is 1.35. The molecule has 33 heavy (non-hydrogen) atoms. The number of aromatic nitrogens is 3. The Hall–Kier alpha value is -3.23. The number of likely N-dealkylation sites (tertiary alicyclic amines) is 1. The lowest BCUT2D eigenvalue weighted by molar-refractivity contribution is 0.159. The zero-order chi connectivity index (χ0) is 22.6. The smallest absolute Gasteiger partial charge is 0.320 e. The molecule has 2 amide bonds. The van der Waals surface area contributed by atoms with Gasteiger partial charge in [0.2, 0.25) is 0 Å². The van der Waals surface area contributed by atoms with Crippen molar-refractivity contribution >= 4 is 11.8 Å². The summed E-state index contributed by atoms with van der Waals surface area (Å²) >= 11 is 0. The highest BCUT2D eigenvalue weighted by molar-refractivity contribution is 5.90. The topological polar surface area (TPSA) is 84.3 Å². The number of nitrogens with zero attached hydrogens (tertiary/aromatic N) is 4. The van der Waals surface area contributed by atoms with Crippen LogP contribution in [0.4, 0.5) is 10.6 Å². The second-order valence-corrected chi connectivity index (χ2v) is 8.70. The van der Waals surface area contributed by atoms with E-state index in [2.05, 4.69) is 44.8 Å². The molecule has 1 saturated heterocycles. The summed E-state index contributed by atoms with van der Waals surface area (Å²) < 4.78 is 7.03. The van der Waals surface area contributed by atoms with Crippen molar-refractivity contribution in [2.75, 3.05) is 38.7 Å². The molecule has 0 radical (unpaired) electrons. The van der Waals surface area contributed by atoms with Gasteiger partial charge in [0.15, 0.2) is 5.82 Å². The summed E-state index contributed by atoms with van der Waals surface area (Å²) in [7, 11) is 1.72. The van der Waals surface area contributed by atoms with E-state index in [1.165, 1.54) is 5.56 Å². The number of hydrogen-bond acceptors (Lipinski definition) is 5. The van der Waals surface area contributed by atoms with E-state index in [-0.39, 0.29) is 18.0 Å². The van der Waals surface area contributed by atoms with Crippen LogP contribution in [0.2, 0.25) is 0 Å². The fourth-order valence-corrected chi connectivity index (χ4v) is 4.95. The number of carbonyl (C=O) groups excluding carboxylic acids is 1. The van der Waals surface area contributed by atoms with Gasteiger partial charge in [-0.15, -0.1) is 0 Å². The third kappa shape index (κ3) is 4.62. The molecule has 3 heterocycles. The maximum Gasteiger partial charge on any atom is 0.320 e. The minimum absolute atomic E-state index is 0.00327. The third-order valence-corrected chi connectivity index (χ3v) is 6.56. The number of aryl methyl sites for hydroxylation is 1. The molecule has 1 fully saturated rings. The van der Waals surface area contributed by atoms with E-state index in [0.717, 1.165) is 56.0 Å². The highest BCUT2D eigenvalue weighted by Crippen LogP contribution is 2.31. The average molecular weight is 447 g/mol. The molecule has 0 spiro atoms. The molecular formula is C25H30N6O2. The molecule has 8 heteroatoms. The molecule has 2 aliphatic rings. The molecule has 2 atom stereocenters. The fraction of sp³-hybridized carbons (Fsp3) is 0.400. The maximum absolute atomic E-state index is 13.2. The predicted molar refractivity (Wildman–Crippen MR) is 127 cm³/mol. The standard InChI is InChI=1S/C25H30N6O2/c1-33-15-14-30-16-20(18-8-3-2-4-9-18)22(17-30)27-25(32)28-24-19-10-7-11-21(19)29-31(24)23-12-5-6-13-26-23/h2-6,8-9,12-13,20,22H,7,10-11,14-17H2,1H3,(H2,27,28,32)/t20?,22-/m1/s1. The summed E-state index contributed by atoms with van der Waals surface area (Å²) in [6, 6.07) is 15.9. The number of amides is 2. The Kier molecular flexibility index (Phi) is 6.37. The normalized spacial score (nSPS) is 20.0. The largest absolute Gasteiger partial charge is 0.383 e. The van der Waals surface area contributed by atoms with Crippen molar-refractivity contribution in [1.29, 1.82) is 0 Å². The van der Waals surface area contributed by atoms with E-state index in [0.29, 0.717) is 12.4 Å². The number of carbonyl (C=O) groups is 1. The molecule has 1 aromatic carbocycles. The SMILES string of the molecule is COCCN1CC(c2ccccc2)[C@H](NC(=O)Nc2c3c(nn2-c2ccccn2)CCC3)C1. The van der Waals surface area contributed by atoms with Crippen molar-refractivity contribution in [2.24, 2.45) is 0 Å². The van der Waals surface area contributed by atoms with E-state index in [9.17, 15) is 4.79 Å². The molecule has 0 saturated carbocycles. The lowest BCUT2D eigenvalue weighted by Crippen LogP contribution is -2.42. The Morgan fingerprint density at radius 1 is 1.12 bits per heavy atom. The highest BCUT2D eigenvalue weighted by Gasteiger charge is 2.35. The van der Waals surface area contributed by atoms with Crippen LogP contribution in [-0.4, -0.2) is 65.1 Å². The van der Waals surface area contributed by atoms with Gasteiger partial charge in [0, 0.05) is 44.4 Å². The summed E-state index contributed by atoms with van der Waals surface area (Å²) in [4.78, 5) is 20.0. The van der Waals surface area contributed by atoms with E-state index < -0.39 is 0 Å². The zero-order valence-corrected chi connectivity index (χ0v) is 18.9. The highest BCUT2D eigenvalue weighted by atomic mass is 16.5. The van der Waals surface area contributed by atoms with E-state index in [4.69, 9.17) is 9.84 Å². The number of ether oxygens (including phenoxy) is 1. The van der Waals surface area contributed by atoms with Gasteiger partial charge in [0.25, 0.3) is 0 Å². The first-order chi connectivity index (χ1) is 16.2. The first-order valence-corrected chi connectivity index (χ1v) is 11.6. The van der Waals surface area contributed by atoms with Gasteiger partial charge in [-0.05, 0) is 37.0 Å². The Morgan fingerprint density at radius 2 is 1.97 bits per heavy atom. The Bertz CT molecular complexity index is 1090. The summed E-state index contributed by atoms with van der Waals surface area (Å²) in [6.45, 7) is 3.20. The number of rotatable bonds is 7. The van der Waals surface area contributed by atoms with Gasteiger partial charge in [-0.25, -0.2) is 9.78 Å². The Labute approximate surface area is 194 Å². The molecule has 8 nitrogen and oxygen atoms in total. The van der Waals surface area contributed by atoms with E-state index in [1.54, 1.807) is 18.0 Å². The van der Waals surface area contributed by atoms with E-state index in [1.807, 2.05) is 24.3 Å². The van der Waals surface area contributed by atoms with Crippen LogP contribution in [0.1, 0.15) is 29.2 Å². The van der Waals surface area contributed by atoms with Crippen molar-refractivity contribution in [1.82, 2.24) is 25.0 Å². The van der Waals surface area contributed by atoms with Crippen molar-refractivity contribution in [2.45, 2.75) is 31.2 Å². The van der Waals surface area contributed by atoms with E-state index >= 15 is 0 Å². The molecule has 172 valence electrons. The number of methoxy groups -OCH3 is 1. The summed E-state index contributed by atoms with van der Waals surface area (Å²) in [5, 5.41) is 11.1. The molecule has 3 aromatic rings. The van der Waals surface area contributed by atoms with Crippen LogP contribution in [0.25, 0.3) is 5.82 Å². The fourth-order valence-electron chi connectivity index (χ4n) is 4.95. The van der Waals surface area contributed by atoms with Gasteiger partial charge in [-0.2, -0.15) is 9.78 Å². The van der Waals surface area contributed by atoms with Crippen molar-refractivity contribution in [3.63, 3.8) is 0 Å². The van der Waals surface area contributed by atoms with Crippen LogP contribution < -0.4 is 10.6 Å². The summed E-state index contributed by atoms with van der Waals surface area (Å²) in [5.74, 6) is 1.65. The van der Waals surface area contributed by atoms with Gasteiger partial charge < -0.3 is 10.1 Å². The quantitative estimate of drug-likeness (QED) is 0.583. The maximum atomic E-state index is 13.2.